The van der Waals surface area contributed by atoms with Gasteiger partial charge in [0.2, 0.25) is 0 Å². The molecule has 8 heteroatoms. The zero-order chi connectivity index (χ0) is 21.5. The molecule has 30 heavy (non-hydrogen) atoms. The highest BCUT2D eigenvalue weighted by atomic mass is 32.2. The van der Waals surface area contributed by atoms with Crippen LogP contribution in [0.5, 0.6) is 0 Å². The number of rotatable bonds is 2. The Morgan fingerprint density at radius 2 is 1.93 bits per heavy atom. The van der Waals surface area contributed by atoms with Crippen LogP contribution >= 0.6 is 11.8 Å². The van der Waals surface area contributed by atoms with Crippen molar-refractivity contribution in [1.29, 1.82) is 0 Å². The summed E-state index contributed by atoms with van der Waals surface area (Å²) in [7, 11) is 1.58. The van der Waals surface area contributed by atoms with Gasteiger partial charge < -0.3 is 14.8 Å². The predicted octanol–water partition coefficient (Wildman–Crippen LogP) is 4.96. The van der Waals surface area contributed by atoms with Crippen LogP contribution in [0.1, 0.15) is 26.3 Å². The van der Waals surface area contributed by atoms with Gasteiger partial charge in [-0.25, -0.2) is 14.1 Å². The van der Waals surface area contributed by atoms with Crippen LogP contribution in [0.25, 0.3) is 0 Å². The maximum Gasteiger partial charge on any atom is 0.417 e. The van der Waals surface area contributed by atoms with Gasteiger partial charge in [-0.3, -0.25) is 4.99 Å². The first-order valence-corrected chi connectivity index (χ1v) is 10.5. The molecule has 0 bridgehead atoms. The van der Waals surface area contributed by atoms with Crippen molar-refractivity contribution >= 4 is 34.4 Å². The van der Waals surface area contributed by atoms with Gasteiger partial charge in [-0.15, -0.1) is 0 Å². The second-order valence-corrected chi connectivity index (χ2v) is 9.52. The van der Waals surface area contributed by atoms with Crippen molar-refractivity contribution in [2.24, 2.45) is 4.99 Å². The lowest BCUT2D eigenvalue weighted by Crippen LogP contribution is -2.49. The number of ether oxygens (including phenoxy) is 2. The Kier molecular flexibility index (Phi) is 5.23. The standard InChI is InChI=1S/C22H24FN3O3S/c1-21(2,3)29-20(27)26-17-8-6-5-7-16(17)22(18(26)28-4)13-24-19(30-22)25-15-11-9-14(23)10-12-15/h5-12,18H,13H2,1-4H3,(H,24,25)/t18-,22+/m1/s1. The maximum atomic E-state index is 13.2. The molecule has 0 saturated heterocycles. The third-order valence-electron chi connectivity index (χ3n) is 4.90. The first-order valence-electron chi connectivity index (χ1n) is 9.64. The van der Waals surface area contributed by atoms with Crippen molar-refractivity contribution in [2.75, 3.05) is 23.9 Å². The highest BCUT2D eigenvalue weighted by Crippen LogP contribution is 2.55. The number of carbonyl (C=O) groups is 1. The molecule has 6 nitrogen and oxygen atoms in total. The zero-order valence-electron chi connectivity index (χ0n) is 17.3. The number of carbonyl (C=O) groups excluding carboxylic acids is 1. The van der Waals surface area contributed by atoms with E-state index in [-0.39, 0.29) is 5.82 Å². The SMILES string of the molecule is CO[C@H]1N(C(=O)OC(C)(C)C)c2ccccc2[C@@]12CN=C(Nc1ccc(F)cc1)S2. The molecule has 2 aromatic rings. The van der Waals surface area contributed by atoms with Crippen molar-refractivity contribution in [3.05, 3.63) is 59.9 Å². The third-order valence-corrected chi connectivity index (χ3v) is 6.24. The van der Waals surface area contributed by atoms with E-state index < -0.39 is 22.7 Å². The average molecular weight is 430 g/mol. The van der Waals surface area contributed by atoms with E-state index in [2.05, 4.69) is 10.3 Å². The van der Waals surface area contributed by atoms with Crippen molar-refractivity contribution < 1.29 is 18.7 Å². The van der Waals surface area contributed by atoms with Gasteiger partial charge in [-0.1, -0.05) is 30.0 Å². The Morgan fingerprint density at radius 1 is 1.23 bits per heavy atom. The van der Waals surface area contributed by atoms with Crippen LogP contribution in [0.15, 0.2) is 53.5 Å². The Labute approximate surface area is 179 Å². The lowest BCUT2D eigenvalue weighted by atomic mass is 9.99. The summed E-state index contributed by atoms with van der Waals surface area (Å²) >= 11 is 1.50. The number of benzene rings is 2. The van der Waals surface area contributed by atoms with Gasteiger partial charge in [-0.05, 0) is 56.7 Å². The number of amidine groups is 1. The first kappa shape index (κ1) is 20.7. The molecule has 2 aliphatic rings. The minimum absolute atomic E-state index is 0.296. The van der Waals surface area contributed by atoms with Crippen molar-refractivity contribution in [2.45, 2.75) is 37.3 Å². The molecule has 1 spiro atoms. The number of anilines is 2. The van der Waals surface area contributed by atoms with Crippen LogP contribution in [0.4, 0.5) is 20.6 Å². The summed E-state index contributed by atoms with van der Waals surface area (Å²) in [5, 5.41) is 3.92. The summed E-state index contributed by atoms with van der Waals surface area (Å²) in [6, 6.07) is 13.8. The minimum atomic E-state index is -0.630. The van der Waals surface area contributed by atoms with E-state index in [1.165, 1.54) is 23.9 Å². The van der Waals surface area contributed by atoms with Crippen LogP contribution in [0, 0.1) is 5.82 Å². The third kappa shape index (κ3) is 3.65. The van der Waals surface area contributed by atoms with E-state index in [1.54, 1.807) is 24.1 Å². The number of nitrogens with one attached hydrogen (secondary N) is 1. The zero-order valence-corrected chi connectivity index (χ0v) is 18.1. The van der Waals surface area contributed by atoms with E-state index >= 15 is 0 Å². The van der Waals surface area contributed by atoms with Gasteiger partial charge >= 0.3 is 6.09 Å². The molecule has 2 heterocycles. The van der Waals surface area contributed by atoms with Crippen molar-refractivity contribution in [3.8, 4) is 0 Å². The van der Waals surface area contributed by atoms with Crippen molar-refractivity contribution in [3.63, 3.8) is 0 Å². The van der Waals surface area contributed by atoms with E-state index in [0.29, 0.717) is 11.7 Å². The van der Waals surface area contributed by atoms with Gasteiger partial charge in [0, 0.05) is 12.8 Å². The smallest absolute Gasteiger partial charge is 0.417 e. The second-order valence-electron chi connectivity index (χ2n) is 8.20. The number of aliphatic imine (C=N–C) groups is 1. The molecule has 0 fully saturated rings. The Balaban J connectivity index is 1.65. The maximum absolute atomic E-state index is 13.2. The number of fused-ring (bicyclic) bond motifs is 2. The summed E-state index contributed by atoms with van der Waals surface area (Å²) in [6.45, 7) is 5.93. The molecule has 0 unspecified atom stereocenters. The largest absolute Gasteiger partial charge is 0.443 e. The molecule has 0 aliphatic carbocycles. The number of hydrogen-bond acceptors (Lipinski definition) is 6. The van der Waals surface area contributed by atoms with E-state index in [1.807, 2.05) is 45.0 Å². The van der Waals surface area contributed by atoms with Crippen LogP contribution in [-0.2, 0) is 14.2 Å². The molecule has 2 aliphatic heterocycles. The highest BCUT2D eigenvalue weighted by Gasteiger charge is 2.57. The molecule has 2 atom stereocenters. The average Bonchev–Trinajstić information content (AvgIpc) is 3.22. The molecule has 0 aromatic heterocycles. The quantitative estimate of drug-likeness (QED) is 0.731. The fourth-order valence-electron chi connectivity index (χ4n) is 3.73. The first-order chi connectivity index (χ1) is 14.2. The number of methoxy groups -OCH3 is 1. The van der Waals surface area contributed by atoms with E-state index in [0.717, 1.165) is 16.9 Å². The van der Waals surface area contributed by atoms with E-state index in [9.17, 15) is 9.18 Å². The number of para-hydroxylation sites is 1. The number of amides is 1. The predicted molar refractivity (Wildman–Crippen MR) is 118 cm³/mol. The van der Waals surface area contributed by atoms with Gasteiger partial charge in [0.15, 0.2) is 11.4 Å². The molecule has 158 valence electrons. The Hall–Kier alpha value is -2.58. The monoisotopic (exact) mass is 429 g/mol. The van der Waals surface area contributed by atoms with Gasteiger partial charge in [-0.2, -0.15) is 0 Å². The molecule has 1 amide bonds. The summed E-state index contributed by atoms with van der Waals surface area (Å²) in [5.74, 6) is -0.296. The Morgan fingerprint density at radius 3 is 2.60 bits per heavy atom. The lowest BCUT2D eigenvalue weighted by molar-refractivity contribution is 0.0337. The molecule has 4 rings (SSSR count). The van der Waals surface area contributed by atoms with Gasteiger partial charge in [0.1, 0.15) is 16.2 Å². The molecule has 2 aromatic carbocycles. The number of nitrogens with zero attached hydrogens (tertiary/aromatic N) is 2. The second kappa shape index (κ2) is 7.59. The van der Waals surface area contributed by atoms with Gasteiger partial charge in [0.05, 0.1) is 12.2 Å². The minimum Gasteiger partial charge on any atom is -0.443 e. The summed E-state index contributed by atoms with van der Waals surface area (Å²) in [6.07, 6.45) is -1.05. The number of halogens is 1. The summed E-state index contributed by atoms with van der Waals surface area (Å²) in [4.78, 5) is 19.3. The number of thioether (sulfide) groups is 1. The molecular weight excluding hydrogens is 405 g/mol. The fourth-order valence-corrected chi connectivity index (χ4v) is 5.08. The summed E-state index contributed by atoms with van der Waals surface area (Å²) < 4.78 is 24.1. The lowest BCUT2D eigenvalue weighted by Gasteiger charge is -2.33. The Bertz CT molecular complexity index is 990. The van der Waals surface area contributed by atoms with Gasteiger partial charge in [0.25, 0.3) is 0 Å². The van der Waals surface area contributed by atoms with Crippen LogP contribution in [0.3, 0.4) is 0 Å². The molecule has 0 saturated carbocycles. The number of hydrogen-bond donors (Lipinski definition) is 1. The topological polar surface area (TPSA) is 63.2 Å². The molecular formula is C22H24FN3O3S. The molecule has 0 radical (unpaired) electrons. The van der Waals surface area contributed by atoms with Crippen LogP contribution < -0.4 is 10.2 Å². The summed E-state index contributed by atoms with van der Waals surface area (Å²) in [5.41, 5.74) is 1.83. The van der Waals surface area contributed by atoms with Crippen LogP contribution in [-0.4, -0.2) is 36.7 Å². The van der Waals surface area contributed by atoms with E-state index in [4.69, 9.17) is 9.47 Å². The molecule has 1 N–H and O–H groups in total. The highest BCUT2D eigenvalue weighted by molar-refractivity contribution is 8.15. The fraction of sp³-hybridized carbons (Fsp3) is 0.364. The van der Waals surface area contributed by atoms with Crippen molar-refractivity contribution in [1.82, 2.24) is 0 Å². The van der Waals surface area contributed by atoms with Crippen LogP contribution in [0.2, 0.25) is 0 Å². The normalized spacial score (nSPS) is 22.8.